The van der Waals surface area contributed by atoms with E-state index in [0.717, 1.165) is 0 Å². The van der Waals surface area contributed by atoms with Crippen LogP contribution in [0.2, 0.25) is 0 Å². The van der Waals surface area contributed by atoms with Gasteiger partial charge in [-0.25, -0.2) is 4.39 Å². The predicted molar refractivity (Wildman–Crippen MR) is 104 cm³/mol. The van der Waals surface area contributed by atoms with E-state index in [1.807, 2.05) is 0 Å². The van der Waals surface area contributed by atoms with Gasteiger partial charge in [0.15, 0.2) is 0 Å². The Morgan fingerprint density at radius 2 is 1.76 bits per heavy atom. The predicted octanol–water partition coefficient (Wildman–Crippen LogP) is 1.56. The SMILES string of the molecule is Cn1cc(C(=O)N2CCC3(CC2)CN(c2ccc(F)cc2)C(=O)CO3)ccc1=O. The van der Waals surface area contributed by atoms with Crippen molar-refractivity contribution in [1.29, 1.82) is 0 Å². The van der Waals surface area contributed by atoms with Gasteiger partial charge in [0, 0.05) is 38.1 Å². The number of halogens is 1. The lowest BCUT2D eigenvalue weighted by Crippen LogP contribution is -2.59. The monoisotopic (exact) mass is 399 g/mol. The van der Waals surface area contributed by atoms with Gasteiger partial charge in [-0.15, -0.1) is 0 Å². The van der Waals surface area contributed by atoms with Crippen LogP contribution >= 0.6 is 0 Å². The molecule has 0 bridgehead atoms. The largest absolute Gasteiger partial charge is 0.363 e. The topological polar surface area (TPSA) is 71.8 Å². The molecule has 2 amide bonds. The van der Waals surface area contributed by atoms with Crippen LogP contribution in [0.3, 0.4) is 0 Å². The van der Waals surface area contributed by atoms with Crippen LogP contribution in [0, 0.1) is 5.82 Å². The number of carbonyl (C=O) groups is 2. The summed E-state index contributed by atoms with van der Waals surface area (Å²) >= 11 is 0. The quantitative estimate of drug-likeness (QED) is 0.769. The summed E-state index contributed by atoms with van der Waals surface area (Å²) in [6, 6.07) is 8.77. The zero-order chi connectivity index (χ0) is 20.6. The molecule has 4 rings (SSSR count). The van der Waals surface area contributed by atoms with Crippen molar-refractivity contribution in [3.05, 3.63) is 64.3 Å². The molecular weight excluding hydrogens is 377 g/mol. The molecule has 2 saturated heterocycles. The summed E-state index contributed by atoms with van der Waals surface area (Å²) in [4.78, 5) is 40.0. The maximum Gasteiger partial charge on any atom is 0.255 e. The van der Waals surface area contributed by atoms with Crippen LogP contribution in [-0.4, -0.2) is 53.1 Å². The summed E-state index contributed by atoms with van der Waals surface area (Å²) in [5.74, 6) is -0.641. The number of likely N-dealkylation sites (tertiary alicyclic amines) is 1. The van der Waals surface area contributed by atoms with E-state index in [1.165, 1.54) is 22.8 Å². The summed E-state index contributed by atoms with van der Waals surface area (Å²) < 4.78 is 20.5. The van der Waals surface area contributed by atoms with Crippen LogP contribution in [0.25, 0.3) is 0 Å². The molecule has 29 heavy (non-hydrogen) atoms. The Morgan fingerprint density at radius 3 is 2.41 bits per heavy atom. The average molecular weight is 399 g/mol. The van der Waals surface area contributed by atoms with Crippen molar-refractivity contribution in [1.82, 2.24) is 9.47 Å². The summed E-state index contributed by atoms with van der Waals surface area (Å²) in [7, 11) is 1.61. The second kappa shape index (κ2) is 7.44. The van der Waals surface area contributed by atoms with Crippen molar-refractivity contribution in [2.45, 2.75) is 18.4 Å². The number of hydrogen-bond acceptors (Lipinski definition) is 4. The van der Waals surface area contributed by atoms with Gasteiger partial charge in [-0.1, -0.05) is 0 Å². The van der Waals surface area contributed by atoms with Crippen molar-refractivity contribution < 1.29 is 18.7 Å². The first-order valence-corrected chi connectivity index (χ1v) is 9.53. The first-order valence-electron chi connectivity index (χ1n) is 9.53. The Kier molecular flexibility index (Phi) is 4.96. The Labute approximate surface area is 167 Å². The number of nitrogens with zero attached hydrogens (tertiary/aromatic N) is 3. The molecule has 0 radical (unpaired) electrons. The Balaban J connectivity index is 1.45. The summed E-state index contributed by atoms with van der Waals surface area (Å²) in [6.07, 6.45) is 2.73. The van der Waals surface area contributed by atoms with Crippen LogP contribution < -0.4 is 10.5 Å². The third-order valence-electron chi connectivity index (χ3n) is 5.68. The average Bonchev–Trinajstić information content (AvgIpc) is 2.73. The van der Waals surface area contributed by atoms with Gasteiger partial charge in [0.25, 0.3) is 11.8 Å². The van der Waals surface area contributed by atoms with Crippen molar-refractivity contribution in [3.63, 3.8) is 0 Å². The zero-order valence-electron chi connectivity index (χ0n) is 16.1. The third kappa shape index (κ3) is 3.80. The van der Waals surface area contributed by atoms with Gasteiger partial charge in [-0.3, -0.25) is 14.4 Å². The van der Waals surface area contributed by atoms with Crippen LogP contribution in [0.15, 0.2) is 47.4 Å². The highest BCUT2D eigenvalue weighted by atomic mass is 19.1. The zero-order valence-corrected chi connectivity index (χ0v) is 16.1. The lowest BCUT2D eigenvalue weighted by molar-refractivity contribution is -0.143. The minimum absolute atomic E-state index is 0.0356. The molecule has 152 valence electrons. The molecule has 3 heterocycles. The van der Waals surface area contributed by atoms with Gasteiger partial charge in [-0.2, -0.15) is 0 Å². The number of rotatable bonds is 2. The molecule has 2 aliphatic rings. The Morgan fingerprint density at radius 1 is 1.07 bits per heavy atom. The molecule has 2 aliphatic heterocycles. The first-order chi connectivity index (χ1) is 13.9. The van der Waals surface area contributed by atoms with Crippen molar-refractivity contribution in [2.24, 2.45) is 7.05 Å². The van der Waals surface area contributed by atoms with E-state index in [9.17, 15) is 18.8 Å². The van der Waals surface area contributed by atoms with E-state index in [0.29, 0.717) is 43.7 Å². The minimum Gasteiger partial charge on any atom is -0.363 e. The van der Waals surface area contributed by atoms with E-state index < -0.39 is 5.60 Å². The Hall–Kier alpha value is -3.00. The molecule has 0 unspecified atom stereocenters. The fourth-order valence-corrected chi connectivity index (χ4v) is 3.89. The van der Waals surface area contributed by atoms with Crippen LogP contribution in [0.4, 0.5) is 10.1 Å². The van der Waals surface area contributed by atoms with E-state index >= 15 is 0 Å². The van der Waals surface area contributed by atoms with Gasteiger partial charge >= 0.3 is 0 Å². The fourth-order valence-electron chi connectivity index (χ4n) is 3.89. The molecule has 0 atom stereocenters. The second-order valence-corrected chi connectivity index (χ2v) is 7.59. The molecule has 0 aliphatic carbocycles. The number of benzene rings is 1. The van der Waals surface area contributed by atoms with E-state index in [4.69, 9.17) is 4.74 Å². The molecule has 0 saturated carbocycles. The second-order valence-electron chi connectivity index (χ2n) is 7.59. The number of aromatic nitrogens is 1. The molecule has 7 nitrogen and oxygen atoms in total. The maximum atomic E-state index is 13.2. The normalized spacial score (nSPS) is 18.9. The van der Waals surface area contributed by atoms with Crippen molar-refractivity contribution in [3.8, 4) is 0 Å². The first kappa shape index (κ1) is 19.3. The molecule has 1 aromatic carbocycles. The standard InChI is InChI=1S/C21H22FN3O4/c1-23-12-15(2-7-18(23)26)20(28)24-10-8-21(9-11-24)14-25(19(27)13-29-21)17-5-3-16(22)4-6-17/h2-7,12H,8-11,13-14H2,1H3. The number of pyridine rings is 1. The number of ether oxygens (including phenoxy) is 1. The number of aryl methyl sites for hydroxylation is 1. The number of carbonyl (C=O) groups excluding carboxylic acids is 2. The molecule has 2 fully saturated rings. The van der Waals surface area contributed by atoms with E-state index in [2.05, 4.69) is 0 Å². The number of anilines is 1. The smallest absolute Gasteiger partial charge is 0.255 e. The fraction of sp³-hybridized carbons (Fsp3) is 0.381. The number of piperidine rings is 1. The molecule has 1 aromatic heterocycles. The molecule has 8 heteroatoms. The van der Waals surface area contributed by atoms with Crippen LogP contribution in [0.5, 0.6) is 0 Å². The molecule has 2 aromatic rings. The van der Waals surface area contributed by atoms with Gasteiger partial charge in [0.1, 0.15) is 12.4 Å². The van der Waals surface area contributed by atoms with Gasteiger partial charge in [0.2, 0.25) is 5.56 Å². The van der Waals surface area contributed by atoms with Crippen LogP contribution in [0.1, 0.15) is 23.2 Å². The highest BCUT2D eigenvalue weighted by molar-refractivity contribution is 5.95. The summed E-state index contributed by atoms with van der Waals surface area (Å²) in [5.41, 5.74) is 0.418. The molecule has 1 spiro atoms. The van der Waals surface area contributed by atoms with Gasteiger partial charge in [-0.05, 0) is 43.2 Å². The summed E-state index contributed by atoms with van der Waals surface area (Å²) in [5, 5.41) is 0. The maximum absolute atomic E-state index is 13.2. The highest BCUT2D eigenvalue weighted by Gasteiger charge is 2.43. The molecular formula is C21H22FN3O4. The van der Waals surface area contributed by atoms with Crippen molar-refractivity contribution >= 4 is 17.5 Å². The van der Waals surface area contributed by atoms with E-state index in [-0.39, 0.29) is 29.8 Å². The van der Waals surface area contributed by atoms with E-state index in [1.54, 1.807) is 41.2 Å². The number of morpholine rings is 1. The van der Waals surface area contributed by atoms with Gasteiger partial charge in [0.05, 0.1) is 17.7 Å². The summed E-state index contributed by atoms with van der Waals surface area (Å²) in [6.45, 7) is 1.33. The lowest BCUT2D eigenvalue weighted by atomic mass is 9.88. The lowest BCUT2D eigenvalue weighted by Gasteiger charge is -2.47. The molecule has 0 N–H and O–H groups in total. The Bertz CT molecular complexity index is 994. The van der Waals surface area contributed by atoms with Crippen LogP contribution in [-0.2, 0) is 16.6 Å². The number of amides is 2. The van der Waals surface area contributed by atoms with Gasteiger partial charge < -0.3 is 19.1 Å². The third-order valence-corrected chi connectivity index (χ3v) is 5.68. The highest BCUT2D eigenvalue weighted by Crippen LogP contribution is 2.33. The number of hydrogen-bond donors (Lipinski definition) is 0. The van der Waals surface area contributed by atoms with Crippen molar-refractivity contribution in [2.75, 3.05) is 31.1 Å². The minimum atomic E-state index is -0.525.